The van der Waals surface area contributed by atoms with E-state index in [2.05, 4.69) is 11.9 Å². The molecule has 90 valence electrons. The minimum absolute atomic E-state index is 0.492. The molecular formula is C13H22N2O. The zero-order valence-corrected chi connectivity index (χ0v) is 10.1. The van der Waals surface area contributed by atoms with Crippen LogP contribution in [-0.2, 0) is 13.1 Å². The molecule has 0 atom stereocenters. The number of nitrogens with zero attached hydrogens (tertiary/aromatic N) is 1. The smallest absolute Gasteiger partial charge is 0.118 e. The van der Waals surface area contributed by atoms with Gasteiger partial charge in [-0.2, -0.15) is 0 Å². The van der Waals surface area contributed by atoms with Gasteiger partial charge in [-0.3, -0.25) is 4.90 Å². The largest absolute Gasteiger partial charge is 0.463 e. The fourth-order valence-electron chi connectivity index (χ4n) is 2.58. The first-order chi connectivity index (χ1) is 7.78. The van der Waals surface area contributed by atoms with Gasteiger partial charge in [-0.05, 0) is 37.9 Å². The van der Waals surface area contributed by atoms with E-state index in [1.165, 1.54) is 32.2 Å². The monoisotopic (exact) mass is 222 g/mol. The van der Waals surface area contributed by atoms with Crippen LogP contribution in [0.5, 0.6) is 0 Å². The summed E-state index contributed by atoms with van der Waals surface area (Å²) in [4.78, 5) is 2.36. The van der Waals surface area contributed by atoms with Gasteiger partial charge in [0.1, 0.15) is 11.5 Å². The van der Waals surface area contributed by atoms with Gasteiger partial charge in [-0.25, -0.2) is 0 Å². The predicted octanol–water partition coefficient (Wildman–Crippen LogP) is 2.36. The van der Waals surface area contributed by atoms with Gasteiger partial charge in [0, 0.05) is 6.54 Å². The molecule has 1 heterocycles. The fourth-order valence-corrected chi connectivity index (χ4v) is 2.58. The van der Waals surface area contributed by atoms with E-state index < -0.39 is 0 Å². The van der Waals surface area contributed by atoms with Gasteiger partial charge >= 0.3 is 0 Å². The van der Waals surface area contributed by atoms with Crippen molar-refractivity contribution in [3.8, 4) is 0 Å². The second-order valence-corrected chi connectivity index (χ2v) is 4.92. The number of nitrogens with two attached hydrogens (primary N) is 1. The van der Waals surface area contributed by atoms with E-state index in [0.717, 1.165) is 24.0 Å². The molecule has 2 rings (SSSR count). The Labute approximate surface area is 97.6 Å². The standard InChI is InChI=1S/C13H22N2O/c1-15(9-11-4-2-3-5-11)10-13-7-6-12(8-14)16-13/h6-7,11H,2-5,8-10,14H2,1H3. The molecule has 3 nitrogen and oxygen atoms in total. The van der Waals surface area contributed by atoms with Gasteiger partial charge in [0.05, 0.1) is 13.1 Å². The molecule has 16 heavy (non-hydrogen) atoms. The van der Waals surface area contributed by atoms with Crippen molar-refractivity contribution in [1.82, 2.24) is 4.90 Å². The summed E-state index contributed by atoms with van der Waals surface area (Å²) in [5.74, 6) is 2.80. The molecule has 1 aromatic heterocycles. The van der Waals surface area contributed by atoms with E-state index in [0.29, 0.717) is 6.54 Å². The molecule has 0 bridgehead atoms. The summed E-state index contributed by atoms with van der Waals surface area (Å²) < 4.78 is 5.60. The molecule has 1 aromatic rings. The molecular weight excluding hydrogens is 200 g/mol. The Morgan fingerprint density at radius 1 is 1.31 bits per heavy atom. The molecule has 1 aliphatic rings. The highest BCUT2D eigenvalue weighted by Gasteiger charge is 2.17. The van der Waals surface area contributed by atoms with Gasteiger partial charge in [0.2, 0.25) is 0 Å². The van der Waals surface area contributed by atoms with Crippen LogP contribution >= 0.6 is 0 Å². The molecule has 0 aliphatic heterocycles. The first kappa shape index (κ1) is 11.7. The van der Waals surface area contributed by atoms with Crippen molar-refractivity contribution in [2.75, 3.05) is 13.6 Å². The van der Waals surface area contributed by atoms with Gasteiger partial charge < -0.3 is 10.2 Å². The molecule has 1 saturated carbocycles. The van der Waals surface area contributed by atoms with Crippen molar-refractivity contribution in [3.05, 3.63) is 23.7 Å². The number of hydrogen-bond acceptors (Lipinski definition) is 3. The summed E-state index contributed by atoms with van der Waals surface area (Å²) in [6.07, 6.45) is 5.63. The van der Waals surface area contributed by atoms with Crippen LogP contribution in [0.3, 0.4) is 0 Å². The van der Waals surface area contributed by atoms with E-state index in [-0.39, 0.29) is 0 Å². The van der Waals surface area contributed by atoms with Crippen LogP contribution in [0.25, 0.3) is 0 Å². The molecule has 0 unspecified atom stereocenters. The molecule has 0 radical (unpaired) electrons. The van der Waals surface area contributed by atoms with Gasteiger partial charge in [-0.1, -0.05) is 12.8 Å². The minimum Gasteiger partial charge on any atom is -0.463 e. The third-order valence-corrected chi connectivity index (χ3v) is 3.39. The maximum Gasteiger partial charge on any atom is 0.118 e. The van der Waals surface area contributed by atoms with Crippen LogP contribution in [0.4, 0.5) is 0 Å². The lowest BCUT2D eigenvalue weighted by Crippen LogP contribution is -2.23. The summed E-state index contributed by atoms with van der Waals surface area (Å²) in [5, 5.41) is 0. The molecule has 3 heteroatoms. The number of furan rings is 1. The topological polar surface area (TPSA) is 42.4 Å². The van der Waals surface area contributed by atoms with Crippen LogP contribution in [-0.4, -0.2) is 18.5 Å². The zero-order valence-electron chi connectivity index (χ0n) is 10.1. The van der Waals surface area contributed by atoms with E-state index in [4.69, 9.17) is 10.2 Å². The number of hydrogen-bond donors (Lipinski definition) is 1. The fraction of sp³-hybridized carbons (Fsp3) is 0.692. The predicted molar refractivity (Wildman–Crippen MR) is 64.9 cm³/mol. The SMILES string of the molecule is CN(Cc1ccc(CN)o1)CC1CCCC1. The van der Waals surface area contributed by atoms with E-state index in [1.807, 2.05) is 12.1 Å². The summed E-state index contributed by atoms with van der Waals surface area (Å²) in [6, 6.07) is 4.01. The lowest BCUT2D eigenvalue weighted by molar-refractivity contribution is 0.249. The summed E-state index contributed by atoms with van der Waals surface area (Å²) in [7, 11) is 2.17. The molecule has 1 fully saturated rings. The van der Waals surface area contributed by atoms with Crippen LogP contribution < -0.4 is 5.73 Å². The maximum absolute atomic E-state index is 5.60. The van der Waals surface area contributed by atoms with Crippen molar-refractivity contribution in [1.29, 1.82) is 0 Å². The van der Waals surface area contributed by atoms with Crippen molar-refractivity contribution in [3.63, 3.8) is 0 Å². The Bertz CT molecular complexity index is 315. The third-order valence-electron chi connectivity index (χ3n) is 3.39. The molecule has 1 aliphatic carbocycles. The molecule has 2 N–H and O–H groups in total. The average molecular weight is 222 g/mol. The Kier molecular flexibility index (Phi) is 4.02. The summed E-state index contributed by atoms with van der Waals surface area (Å²) in [5.41, 5.74) is 5.52. The van der Waals surface area contributed by atoms with Crippen LogP contribution in [0, 0.1) is 5.92 Å². The summed E-state index contributed by atoms with van der Waals surface area (Å²) in [6.45, 7) is 2.58. The average Bonchev–Trinajstić information content (AvgIpc) is 2.89. The van der Waals surface area contributed by atoms with Gasteiger partial charge in [-0.15, -0.1) is 0 Å². The first-order valence-electron chi connectivity index (χ1n) is 6.24. The van der Waals surface area contributed by atoms with Crippen LogP contribution in [0.15, 0.2) is 16.5 Å². The quantitative estimate of drug-likeness (QED) is 0.831. The van der Waals surface area contributed by atoms with Crippen LogP contribution in [0.2, 0.25) is 0 Å². The van der Waals surface area contributed by atoms with E-state index in [9.17, 15) is 0 Å². The Balaban J connectivity index is 1.79. The van der Waals surface area contributed by atoms with E-state index in [1.54, 1.807) is 0 Å². The van der Waals surface area contributed by atoms with Crippen molar-refractivity contribution in [2.24, 2.45) is 11.7 Å². The molecule has 0 saturated heterocycles. The maximum atomic E-state index is 5.60. The van der Waals surface area contributed by atoms with Crippen LogP contribution in [0.1, 0.15) is 37.2 Å². The molecule has 0 amide bonds. The Morgan fingerprint density at radius 2 is 2.00 bits per heavy atom. The lowest BCUT2D eigenvalue weighted by atomic mass is 10.1. The second kappa shape index (κ2) is 5.51. The highest BCUT2D eigenvalue weighted by Crippen LogP contribution is 2.25. The minimum atomic E-state index is 0.492. The highest BCUT2D eigenvalue weighted by molar-refractivity contribution is 5.06. The lowest BCUT2D eigenvalue weighted by Gasteiger charge is -2.19. The highest BCUT2D eigenvalue weighted by atomic mass is 16.3. The summed E-state index contributed by atoms with van der Waals surface area (Å²) >= 11 is 0. The third kappa shape index (κ3) is 3.09. The molecule has 0 aromatic carbocycles. The normalized spacial score (nSPS) is 17.4. The Morgan fingerprint density at radius 3 is 2.62 bits per heavy atom. The Hall–Kier alpha value is -0.800. The van der Waals surface area contributed by atoms with Crippen molar-refractivity contribution >= 4 is 0 Å². The number of rotatable bonds is 5. The van der Waals surface area contributed by atoms with Gasteiger partial charge in [0.15, 0.2) is 0 Å². The first-order valence-corrected chi connectivity index (χ1v) is 6.24. The second-order valence-electron chi connectivity index (χ2n) is 4.92. The van der Waals surface area contributed by atoms with E-state index >= 15 is 0 Å². The zero-order chi connectivity index (χ0) is 11.4. The van der Waals surface area contributed by atoms with Crippen molar-refractivity contribution < 1.29 is 4.42 Å². The van der Waals surface area contributed by atoms with Crippen molar-refractivity contribution in [2.45, 2.75) is 38.8 Å². The van der Waals surface area contributed by atoms with Gasteiger partial charge in [0.25, 0.3) is 0 Å². The molecule has 0 spiro atoms.